The van der Waals surface area contributed by atoms with E-state index in [1.165, 1.54) is 4.90 Å². The van der Waals surface area contributed by atoms with Crippen molar-refractivity contribution in [2.75, 3.05) is 18.4 Å². The highest BCUT2D eigenvalue weighted by molar-refractivity contribution is 7.88. The van der Waals surface area contributed by atoms with Crippen molar-refractivity contribution in [2.24, 2.45) is 5.92 Å². The molecule has 2 aromatic rings. The monoisotopic (exact) mass is 556 g/mol. The van der Waals surface area contributed by atoms with E-state index in [1.807, 2.05) is 13.0 Å². The fourth-order valence-corrected chi connectivity index (χ4v) is 7.14. The van der Waals surface area contributed by atoms with Gasteiger partial charge < -0.3 is 15.7 Å². The Morgan fingerprint density at radius 1 is 1.00 bits per heavy atom. The summed E-state index contributed by atoms with van der Waals surface area (Å²) < 4.78 is 28.2. The molecule has 3 N–H and O–H groups in total. The van der Waals surface area contributed by atoms with Crippen LogP contribution in [0.5, 0.6) is 0 Å². The standard InChI is InChI=1S/C28H36N4O6S/c1-20-9-8-14-23(17-20)29-28(36)31-15-16-32(39(37,38)19-21-10-4-2-5-11-21)27(31)26(35)30-24(18-25(33)34)22-12-6-3-7-13-22/h2,4-5,8-11,14,17,22,24,27H,3,6-7,12-13,15-16,18-19H2,1H3,(H,29,36)(H,30,35)(H,33,34). The van der Waals surface area contributed by atoms with Crippen molar-refractivity contribution in [2.45, 2.75) is 63.4 Å². The number of anilines is 1. The van der Waals surface area contributed by atoms with Crippen molar-refractivity contribution in [1.82, 2.24) is 14.5 Å². The quantitative estimate of drug-likeness (QED) is 0.432. The molecule has 1 aliphatic heterocycles. The summed E-state index contributed by atoms with van der Waals surface area (Å²) in [5.74, 6) is -2.09. The molecule has 0 radical (unpaired) electrons. The molecular formula is C28H36N4O6S. The van der Waals surface area contributed by atoms with Gasteiger partial charge in [-0.05, 0) is 48.9 Å². The van der Waals surface area contributed by atoms with Gasteiger partial charge in [-0.1, -0.05) is 61.7 Å². The molecule has 3 amide bonds. The maximum Gasteiger partial charge on any atom is 0.323 e. The highest BCUT2D eigenvalue weighted by Crippen LogP contribution is 2.29. The van der Waals surface area contributed by atoms with Crippen molar-refractivity contribution in [3.8, 4) is 0 Å². The number of rotatable bonds is 9. The Bertz CT molecular complexity index is 1280. The summed E-state index contributed by atoms with van der Waals surface area (Å²) in [6.07, 6.45) is 2.82. The van der Waals surface area contributed by atoms with Crippen LogP contribution in [0.15, 0.2) is 54.6 Å². The van der Waals surface area contributed by atoms with E-state index in [2.05, 4.69) is 10.6 Å². The minimum atomic E-state index is -4.00. The average molecular weight is 557 g/mol. The van der Waals surface area contributed by atoms with Crippen LogP contribution < -0.4 is 10.6 Å². The van der Waals surface area contributed by atoms with Crippen LogP contribution in [0, 0.1) is 12.8 Å². The maximum absolute atomic E-state index is 13.8. The molecule has 1 saturated heterocycles. The second kappa shape index (κ2) is 12.6. The first-order valence-corrected chi connectivity index (χ1v) is 14.9. The number of benzene rings is 2. The number of aryl methyl sites for hydroxylation is 1. The second-order valence-corrected chi connectivity index (χ2v) is 12.3. The lowest BCUT2D eigenvalue weighted by atomic mass is 9.82. The minimum absolute atomic E-state index is 0.0107. The van der Waals surface area contributed by atoms with E-state index < -0.39 is 40.1 Å². The lowest BCUT2D eigenvalue weighted by Crippen LogP contribution is -2.57. The Kier molecular flexibility index (Phi) is 9.24. The third-order valence-corrected chi connectivity index (χ3v) is 9.18. The maximum atomic E-state index is 13.8. The van der Waals surface area contributed by atoms with E-state index in [0.29, 0.717) is 11.3 Å². The highest BCUT2D eigenvalue weighted by atomic mass is 32.2. The van der Waals surface area contributed by atoms with Crippen LogP contribution in [0.3, 0.4) is 0 Å². The zero-order chi connectivity index (χ0) is 28.0. The van der Waals surface area contributed by atoms with Gasteiger partial charge in [-0.25, -0.2) is 13.2 Å². The molecule has 0 bridgehead atoms. The Morgan fingerprint density at radius 3 is 2.38 bits per heavy atom. The SMILES string of the molecule is Cc1cccc(NC(=O)N2CCN(S(=O)(=O)Cc3ccccc3)C2C(=O)NC(CC(=O)O)C2CCCCC2)c1. The highest BCUT2D eigenvalue weighted by Gasteiger charge is 2.47. The number of nitrogens with zero attached hydrogens (tertiary/aromatic N) is 2. The Morgan fingerprint density at radius 2 is 1.72 bits per heavy atom. The summed E-state index contributed by atoms with van der Waals surface area (Å²) in [6, 6.07) is 14.5. The van der Waals surface area contributed by atoms with Crippen LogP contribution in [-0.4, -0.2) is 65.9 Å². The van der Waals surface area contributed by atoms with E-state index >= 15 is 0 Å². The Labute approximate surface area is 229 Å². The summed E-state index contributed by atoms with van der Waals surface area (Å²) in [5.41, 5.74) is 2.01. The lowest BCUT2D eigenvalue weighted by Gasteiger charge is -2.34. The largest absolute Gasteiger partial charge is 0.481 e. The van der Waals surface area contributed by atoms with Crippen LogP contribution in [0.2, 0.25) is 0 Å². The van der Waals surface area contributed by atoms with Gasteiger partial charge in [0.05, 0.1) is 12.2 Å². The van der Waals surface area contributed by atoms with Crippen LogP contribution in [0.1, 0.15) is 49.7 Å². The number of carboxylic acids is 1. The molecule has 1 aliphatic carbocycles. The fraction of sp³-hybridized carbons (Fsp3) is 0.464. The Hall–Kier alpha value is -3.44. The van der Waals surface area contributed by atoms with Gasteiger partial charge in [0.2, 0.25) is 10.0 Å². The summed E-state index contributed by atoms with van der Waals surface area (Å²) in [6.45, 7) is 1.84. The molecule has 2 atom stereocenters. The molecule has 11 heteroatoms. The molecule has 2 aromatic carbocycles. The van der Waals surface area contributed by atoms with Crippen molar-refractivity contribution >= 4 is 33.6 Å². The van der Waals surface area contributed by atoms with E-state index in [1.54, 1.807) is 48.5 Å². The van der Waals surface area contributed by atoms with Crippen LogP contribution in [0.4, 0.5) is 10.5 Å². The molecule has 1 heterocycles. The van der Waals surface area contributed by atoms with E-state index in [4.69, 9.17) is 0 Å². The topological polar surface area (TPSA) is 136 Å². The molecule has 2 unspecified atom stereocenters. The summed E-state index contributed by atoms with van der Waals surface area (Å²) in [5, 5.41) is 15.1. The number of carbonyl (C=O) groups excluding carboxylic acids is 2. The normalized spacial score (nSPS) is 19.4. The first-order valence-electron chi connectivity index (χ1n) is 13.3. The summed E-state index contributed by atoms with van der Waals surface area (Å²) in [4.78, 5) is 40.0. The lowest BCUT2D eigenvalue weighted by molar-refractivity contribution is -0.138. The number of hydrogen-bond acceptors (Lipinski definition) is 5. The van der Waals surface area contributed by atoms with Gasteiger partial charge in [0.25, 0.3) is 5.91 Å². The van der Waals surface area contributed by atoms with Gasteiger partial charge in [0, 0.05) is 24.8 Å². The van der Waals surface area contributed by atoms with Crippen molar-refractivity contribution in [3.05, 3.63) is 65.7 Å². The smallest absolute Gasteiger partial charge is 0.323 e. The number of amides is 3. The van der Waals surface area contributed by atoms with Gasteiger partial charge in [-0.3, -0.25) is 14.5 Å². The van der Waals surface area contributed by atoms with Gasteiger partial charge in [0.15, 0.2) is 6.17 Å². The second-order valence-electron chi connectivity index (χ2n) is 10.3. The minimum Gasteiger partial charge on any atom is -0.481 e. The molecule has 210 valence electrons. The van der Waals surface area contributed by atoms with Gasteiger partial charge in [-0.15, -0.1) is 0 Å². The van der Waals surface area contributed by atoms with Crippen LogP contribution in [0.25, 0.3) is 0 Å². The fourth-order valence-electron chi connectivity index (χ4n) is 5.49. The summed E-state index contributed by atoms with van der Waals surface area (Å²) >= 11 is 0. The number of sulfonamides is 1. The number of carboxylic acid groups (broad SMARTS) is 1. The predicted octanol–water partition coefficient (Wildman–Crippen LogP) is 3.54. The number of hydrogen-bond donors (Lipinski definition) is 3. The van der Waals surface area contributed by atoms with Crippen LogP contribution >= 0.6 is 0 Å². The van der Waals surface area contributed by atoms with E-state index in [0.717, 1.165) is 42.0 Å². The molecule has 2 aliphatic rings. The molecule has 0 aromatic heterocycles. The van der Waals surface area contributed by atoms with Gasteiger partial charge >= 0.3 is 12.0 Å². The van der Waals surface area contributed by atoms with Crippen molar-refractivity contribution < 1.29 is 27.9 Å². The van der Waals surface area contributed by atoms with Crippen molar-refractivity contribution in [3.63, 3.8) is 0 Å². The Balaban J connectivity index is 1.61. The van der Waals surface area contributed by atoms with Gasteiger partial charge in [-0.2, -0.15) is 4.31 Å². The third-order valence-electron chi connectivity index (χ3n) is 7.38. The van der Waals surface area contributed by atoms with E-state index in [9.17, 15) is 27.9 Å². The zero-order valence-electron chi connectivity index (χ0n) is 22.1. The summed E-state index contributed by atoms with van der Waals surface area (Å²) in [7, 11) is -4.00. The zero-order valence-corrected chi connectivity index (χ0v) is 22.9. The van der Waals surface area contributed by atoms with Crippen molar-refractivity contribution in [1.29, 1.82) is 0 Å². The molecule has 4 rings (SSSR count). The third kappa shape index (κ3) is 7.36. The number of carbonyl (C=O) groups is 3. The average Bonchev–Trinajstić information content (AvgIpc) is 3.36. The molecular weight excluding hydrogens is 520 g/mol. The number of nitrogens with one attached hydrogen (secondary N) is 2. The number of urea groups is 1. The van der Waals surface area contributed by atoms with Gasteiger partial charge in [0.1, 0.15) is 0 Å². The molecule has 10 nitrogen and oxygen atoms in total. The molecule has 2 fully saturated rings. The first kappa shape index (κ1) is 28.6. The predicted molar refractivity (Wildman–Crippen MR) is 147 cm³/mol. The first-order chi connectivity index (χ1) is 18.6. The van der Waals surface area contributed by atoms with E-state index in [-0.39, 0.29) is 31.2 Å². The molecule has 39 heavy (non-hydrogen) atoms. The molecule has 0 spiro atoms. The number of aliphatic carboxylic acids is 1. The van der Waals surface area contributed by atoms with Crippen LogP contribution in [-0.2, 0) is 25.4 Å². The molecule has 1 saturated carbocycles.